The SMILES string of the molecule is CCc1cc(-c2nc3cccc(Cl)c3n2C(C)C)c(N)s1. The maximum atomic E-state index is 6.39. The predicted molar refractivity (Wildman–Crippen MR) is 92.2 cm³/mol. The van der Waals surface area contributed by atoms with Crippen LogP contribution in [0.1, 0.15) is 31.7 Å². The van der Waals surface area contributed by atoms with Crippen LogP contribution in [-0.2, 0) is 6.42 Å². The largest absolute Gasteiger partial charge is 0.390 e. The molecule has 0 aliphatic heterocycles. The van der Waals surface area contributed by atoms with Crippen molar-refractivity contribution in [3.63, 3.8) is 0 Å². The highest BCUT2D eigenvalue weighted by molar-refractivity contribution is 7.16. The minimum Gasteiger partial charge on any atom is -0.390 e. The van der Waals surface area contributed by atoms with Crippen LogP contribution < -0.4 is 5.73 Å². The number of fused-ring (bicyclic) bond motifs is 1. The highest BCUT2D eigenvalue weighted by Gasteiger charge is 2.20. The second kappa shape index (κ2) is 5.35. The average molecular weight is 320 g/mol. The number of hydrogen-bond donors (Lipinski definition) is 1. The molecule has 1 aromatic carbocycles. The normalized spacial score (nSPS) is 11.7. The van der Waals surface area contributed by atoms with Gasteiger partial charge in [-0.3, -0.25) is 0 Å². The van der Waals surface area contributed by atoms with Crippen molar-refractivity contribution in [3.05, 3.63) is 34.2 Å². The number of nitrogen functional groups attached to an aromatic ring is 1. The molecule has 3 aromatic rings. The molecule has 0 fully saturated rings. The molecule has 0 aliphatic carbocycles. The van der Waals surface area contributed by atoms with Crippen molar-refractivity contribution in [1.82, 2.24) is 9.55 Å². The molecule has 2 N–H and O–H groups in total. The zero-order valence-electron chi connectivity index (χ0n) is 12.4. The van der Waals surface area contributed by atoms with Gasteiger partial charge < -0.3 is 10.3 Å². The molecule has 0 amide bonds. The summed E-state index contributed by atoms with van der Waals surface area (Å²) in [5.41, 5.74) is 9.11. The molecule has 0 atom stereocenters. The number of rotatable bonds is 3. The van der Waals surface area contributed by atoms with Crippen LogP contribution in [0.15, 0.2) is 24.3 Å². The minimum atomic E-state index is 0.259. The van der Waals surface area contributed by atoms with Crippen LogP contribution in [0, 0.1) is 0 Å². The molecule has 0 unspecified atom stereocenters. The number of benzene rings is 1. The quantitative estimate of drug-likeness (QED) is 0.726. The standard InChI is InChI=1S/C16H18ClN3S/c1-4-10-8-11(15(18)21-10)16-19-13-7-5-6-12(17)14(13)20(16)9(2)3/h5-9H,4,18H2,1-3H3. The minimum absolute atomic E-state index is 0.259. The van der Waals surface area contributed by atoms with E-state index in [2.05, 4.69) is 31.4 Å². The van der Waals surface area contributed by atoms with Crippen molar-refractivity contribution in [2.75, 3.05) is 5.73 Å². The Labute approximate surface area is 133 Å². The number of para-hydroxylation sites is 1. The maximum Gasteiger partial charge on any atom is 0.144 e. The number of hydrogen-bond acceptors (Lipinski definition) is 3. The summed E-state index contributed by atoms with van der Waals surface area (Å²) in [5.74, 6) is 0.904. The molecule has 3 rings (SSSR count). The first kappa shape index (κ1) is 14.4. The second-order valence-electron chi connectivity index (χ2n) is 5.35. The molecular weight excluding hydrogens is 302 g/mol. The van der Waals surface area contributed by atoms with Crippen LogP contribution in [0.25, 0.3) is 22.4 Å². The van der Waals surface area contributed by atoms with Crippen LogP contribution in [0.5, 0.6) is 0 Å². The first-order valence-electron chi connectivity index (χ1n) is 7.08. The van der Waals surface area contributed by atoms with Crippen LogP contribution in [0.2, 0.25) is 5.02 Å². The summed E-state index contributed by atoms with van der Waals surface area (Å²) < 4.78 is 2.18. The lowest BCUT2D eigenvalue weighted by molar-refractivity contribution is 0.624. The third-order valence-corrected chi connectivity index (χ3v) is 4.99. The highest BCUT2D eigenvalue weighted by Crippen LogP contribution is 2.38. The Morgan fingerprint density at radius 1 is 1.38 bits per heavy atom. The van der Waals surface area contributed by atoms with E-state index in [0.717, 1.165) is 38.9 Å². The molecular formula is C16H18ClN3S. The molecule has 0 saturated carbocycles. The lowest BCUT2D eigenvalue weighted by Crippen LogP contribution is -2.03. The fraction of sp³-hybridized carbons (Fsp3) is 0.312. The molecule has 21 heavy (non-hydrogen) atoms. The summed E-state index contributed by atoms with van der Waals surface area (Å²) in [5, 5.41) is 1.55. The summed E-state index contributed by atoms with van der Waals surface area (Å²) >= 11 is 8.03. The van der Waals surface area contributed by atoms with E-state index in [1.165, 1.54) is 4.88 Å². The molecule has 0 bridgehead atoms. The lowest BCUT2D eigenvalue weighted by Gasteiger charge is -2.13. The Bertz CT molecular complexity index is 801. The number of imidazole rings is 1. The van der Waals surface area contributed by atoms with E-state index in [1.54, 1.807) is 11.3 Å². The predicted octanol–water partition coefficient (Wildman–Crippen LogP) is 5.14. The van der Waals surface area contributed by atoms with Crippen molar-refractivity contribution < 1.29 is 0 Å². The molecule has 0 saturated heterocycles. The molecule has 3 nitrogen and oxygen atoms in total. The summed E-state index contributed by atoms with van der Waals surface area (Å²) in [6.45, 7) is 6.41. The number of thiophene rings is 1. The van der Waals surface area contributed by atoms with Crippen molar-refractivity contribution >= 4 is 39.0 Å². The molecule has 0 aliphatic rings. The third-order valence-electron chi connectivity index (χ3n) is 3.58. The van der Waals surface area contributed by atoms with E-state index in [9.17, 15) is 0 Å². The molecule has 2 aromatic heterocycles. The number of nitrogens with two attached hydrogens (primary N) is 1. The number of halogens is 1. The first-order chi connectivity index (χ1) is 10.0. The first-order valence-corrected chi connectivity index (χ1v) is 8.27. The van der Waals surface area contributed by atoms with E-state index >= 15 is 0 Å². The Hall–Kier alpha value is -1.52. The summed E-state index contributed by atoms with van der Waals surface area (Å²) in [7, 11) is 0. The zero-order valence-corrected chi connectivity index (χ0v) is 13.9. The molecule has 2 heterocycles. The van der Waals surface area contributed by atoms with E-state index in [4.69, 9.17) is 22.3 Å². The summed E-state index contributed by atoms with van der Waals surface area (Å²) in [6, 6.07) is 8.23. The number of aromatic nitrogens is 2. The number of anilines is 1. The Balaban J connectivity index is 2.34. The third kappa shape index (κ3) is 2.32. The van der Waals surface area contributed by atoms with Crippen molar-refractivity contribution in [1.29, 1.82) is 0 Å². The van der Waals surface area contributed by atoms with Crippen molar-refractivity contribution in [3.8, 4) is 11.4 Å². The van der Waals surface area contributed by atoms with E-state index in [-0.39, 0.29) is 6.04 Å². The van der Waals surface area contributed by atoms with E-state index in [0.29, 0.717) is 0 Å². The van der Waals surface area contributed by atoms with Gasteiger partial charge in [-0.05, 0) is 38.5 Å². The molecule has 0 spiro atoms. The van der Waals surface area contributed by atoms with Crippen molar-refractivity contribution in [2.45, 2.75) is 33.2 Å². The zero-order chi connectivity index (χ0) is 15.1. The smallest absolute Gasteiger partial charge is 0.144 e. The second-order valence-corrected chi connectivity index (χ2v) is 6.93. The van der Waals surface area contributed by atoms with E-state index < -0.39 is 0 Å². The van der Waals surface area contributed by atoms with Gasteiger partial charge in [0.05, 0.1) is 26.6 Å². The molecule has 0 radical (unpaired) electrons. The van der Waals surface area contributed by atoms with Gasteiger partial charge in [0.25, 0.3) is 0 Å². The lowest BCUT2D eigenvalue weighted by atomic mass is 10.2. The van der Waals surface area contributed by atoms with Crippen LogP contribution in [-0.4, -0.2) is 9.55 Å². The molecule has 5 heteroatoms. The van der Waals surface area contributed by atoms with Gasteiger partial charge in [0.15, 0.2) is 0 Å². The van der Waals surface area contributed by atoms with E-state index in [1.807, 2.05) is 18.2 Å². The highest BCUT2D eigenvalue weighted by atomic mass is 35.5. The van der Waals surface area contributed by atoms with Crippen molar-refractivity contribution in [2.24, 2.45) is 0 Å². The Morgan fingerprint density at radius 2 is 2.14 bits per heavy atom. The Morgan fingerprint density at radius 3 is 2.76 bits per heavy atom. The van der Waals surface area contributed by atoms with Crippen LogP contribution in [0.3, 0.4) is 0 Å². The van der Waals surface area contributed by atoms with Gasteiger partial charge in [-0.25, -0.2) is 4.98 Å². The van der Waals surface area contributed by atoms with Gasteiger partial charge in [0.1, 0.15) is 5.82 Å². The average Bonchev–Trinajstić information content (AvgIpc) is 2.99. The van der Waals surface area contributed by atoms with Gasteiger partial charge in [0, 0.05) is 10.9 Å². The van der Waals surface area contributed by atoms with Crippen LogP contribution in [0.4, 0.5) is 5.00 Å². The fourth-order valence-corrected chi connectivity index (χ4v) is 3.73. The van der Waals surface area contributed by atoms with Crippen LogP contribution >= 0.6 is 22.9 Å². The topological polar surface area (TPSA) is 43.8 Å². The maximum absolute atomic E-state index is 6.39. The summed E-state index contributed by atoms with van der Waals surface area (Å²) in [4.78, 5) is 6.05. The number of aryl methyl sites for hydroxylation is 1. The van der Waals surface area contributed by atoms with Gasteiger partial charge in [-0.15, -0.1) is 11.3 Å². The summed E-state index contributed by atoms with van der Waals surface area (Å²) in [6.07, 6.45) is 0.984. The Kier molecular flexibility index (Phi) is 3.68. The van der Waals surface area contributed by atoms with Gasteiger partial charge in [0.2, 0.25) is 0 Å². The fourth-order valence-electron chi connectivity index (χ4n) is 2.61. The van der Waals surface area contributed by atoms with Gasteiger partial charge in [-0.2, -0.15) is 0 Å². The van der Waals surface area contributed by atoms with Gasteiger partial charge in [-0.1, -0.05) is 24.6 Å². The van der Waals surface area contributed by atoms with Gasteiger partial charge >= 0.3 is 0 Å². The number of nitrogens with zero attached hydrogens (tertiary/aromatic N) is 2. The molecule has 110 valence electrons. The monoisotopic (exact) mass is 319 g/mol.